The zero-order chi connectivity index (χ0) is 28.8. The highest BCUT2D eigenvalue weighted by Gasteiger charge is 2.31. The smallest absolute Gasteiger partial charge is 0.0622 e. The first-order valence-electron chi connectivity index (χ1n) is 15.7. The number of hydrogen-bond donors (Lipinski definition) is 0. The van der Waals surface area contributed by atoms with Gasteiger partial charge in [0.25, 0.3) is 0 Å². The molecule has 8 aromatic rings. The van der Waals surface area contributed by atoms with Gasteiger partial charge in [-0.15, -0.1) is 0 Å². The van der Waals surface area contributed by atoms with E-state index in [1.807, 2.05) is 0 Å². The molecule has 1 aromatic heterocycles. The Morgan fingerprint density at radius 3 is 2.18 bits per heavy atom. The van der Waals surface area contributed by atoms with E-state index in [2.05, 4.69) is 150 Å². The lowest BCUT2D eigenvalue weighted by molar-refractivity contribution is 0.796. The van der Waals surface area contributed by atoms with Gasteiger partial charge >= 0.3 is 0 Å². The third-order valence-corrected chi connectivity index (χ3v) is 10.2. The minimum atomic E-state index is 0.319. The second-order valence-corrected chi connectivity index (χ2v) is 12.4. The van der Waals surface area contributed by atoms with Crippen molar-refractivity contribution in [3.8, 4) is 27.9 Å². The van der Waals surface area contributed by atoms with Crippen LogP contribution in [0, 0.1) is 0 Å². The van der Waals surface area contributed by atoms with Crippen molar-refractivity contribution in [2.75, 3.05) is 0 Å². The fraction of sp³-hybridized carbons (Fsp3) is 0.0698. The Bertz CT molecular complexity index is 2440. The second kappa shape index (κ2) is 9.05. The van der Waals surface area contributed by atoms with E-state index in [9.17, 15) is 0 Å². The van der Waals surface area contributed by atoms with Gasteiger partial charge in [-0.3, -0.25) is 0 Å². The molecule has 7 aromatic carbocycles. The van der Waals surface area contributed by atoms with Gasteiger partial charge in [0.15, 0.2) is 0 Å². The first-order valence-corrected chi connectivity index (χ1v) is 15.7. The second-order valence-electron chi connectivity index (χ2n) is 12.4. The van der Waals surface area contributed by atoms with E-state index in [1.54, 1.807) is 0 Å². The zero-order valence-electron chi connectivity index (χ0n) is 24.3. The largest absolute Gasteiger partial charge is 0.309 e. The number of fused-ring (bicyclic) bond motifs is 12. The van der Waals surface area contributed by atoms with Crippen molar-refractivity contribution in [2.45, 2.75) is 18.8 Å². The molecule has 0 aliphatic heterocycles. The Hall–Kier alpha value is -5.40. The summed E-state index contributed by atoms with van der Waals surface area (Å²) in [6.07, 6.45) is 1.98. The lowest BCUT2D eigenvalue weighted by Gasteiger charge is -2.29. The van der Waals surface area contributed by atoms with Gasteiger partial charge in [0, 0.05) is 27.9 Å². The maximum absolute atomic E-state index is 2.53. The van der Waals surface area contributed by atoms with Crippen LogP contribution in [0.1, 0.15) is 33.7 Å². The van der Waals surface area contributed by atoms with Crippen molar-refractivity contribution >= 4 is 32.6 Å². The highest BCUT2D eigenvalue weighted by atomic mass is 15.0. The molecule has 1 heterocycles. The van der Waals surface area contributed by atoms with E-state index in [0.29, 0.717) is 5.92 Å². The van der Waals surface area contributed by atoms with Gasteiger partial charge in [-0.1, -0.05) is 127 Å². The van der Waals surface area contributed by atoms with Gasteiger partial charge in [0.2, 0.25) is 0 Å². The lowest BCUT2D eigenvalue weighted by Crippen LogP contribution is -2.13. The fourth-order valence-electron chi connectivity index (χ4n) is 8.26. The Kier molecular flexibility index (Phi) is 4.95. The molecule has 206 valence electrons. The summed E-state index contributed by atoms with van der Waals surface area (Å²) >= 11 is 0. The van der Waals surface area contributed by atoms with E-state index in [1.165, 1.54) is 88.3 Å². The molecular formula is C43H29N. The fourth-order valence-corrected chi connectivity index (χ4v) is 8.26. The number of benzene rings is 7. The predicted octanol–water partition coefficient (Wildman–Crippen LogP) is 10.9. The van der Waals surface area contributed by atoms with Crippen molar-refractivity contribution in [1.29, 1.82) is 0 Å². The van der Waals surface area contributed by atoms with Crippen LogP contribution >= 0.6 is 0 Å². The Morgan fingerprint density at radius 2 is 1.27 bits per heavy atom. The number of aromatic nitrogens is 1. The molecule has 10 rings (SSSR count). The van der Waals surface area contributed by atoms with Crippen molar-refractivity contribution < 1.29 is 0 Å². The minimum Gasteiger partial charge on any atom is -0.309 e. The lowest BCUT2D eigenvalue weighted by atomic mass is 9.74. The molecule has 1 nitrogen and oxygen atoms in total. The van der Waals surface area contributed by atoms with Crippen LogP contribution in [-0.4, -0.2) is 4.57 Å². The SMILES string of the molecule is c1ccc(-n2c3ccc4c(c3c3ccc5c(c32)-c2ccccc2C5)-c2ccccc2C(c2ccc3ccccc3c2)C4)cc1. The molecule has 0 amide bonds. The zero-order valence-corrected chi connectivity index (χ0v) is 24.3. The first kappa shape index (κ1) is 24.1. The molecule has 1 heteroatoms. The Morgan fingerprint density at radius 1 is 0.523 bits per heavy atom. The van der Waals surface area contributed by atoms with Crippen LogP contribution in [0.4, 0.5) is 0 Å². The van der Waals surface area contributed by atoms with E-state index >= 15 is 0 Å². The number of rotatable bonds is 2. The number of para-hydroxylation sites is 1. The number of nitrogens with zero attached hydrogens (tertiary/aromatic N) is 1. The van der Waals surface area contributed by atoms with Gasteiger partial charge in [-0.05, 0) is 86.3 Å². The van der Waals surface area contributed by atoms with E-state index < -0.39 is 0 Å². The molecule has 2 aliphatic rings. The molecule has 0 saturated carbocycles. The predicted molar refractivity (Wildman–Crippen MR) is 184 cm³/mol. The van der Waals surface area contributed by atoms with Crippen molar-refractivity contribution in [3.63, 3.8) is 0 Å². The van der Waals surface area contributed by atoms with Gasteiger partial charge in [0.1, 0.15) is 0 Å². The van der Waals surface area contributed by atoms with E-state index in [-0.39, 0.29) is 0 Å². The molecule has 2 aliphatic carbocycles. The summed E-state index contributed by atoms with van der Waals surface area (Å²) in [4.78, 5) is 0. The summed E-state index contributed by atoms with van der Waals surface area (Å²) in [5, 5.41) is 5.32. The average Bonchev–Trinajstić information content (AvgIpc) is 3.63. The standard InChI is InChI=1S/C43H29N/c1-2-13-33(14-3-1)44-39-23-21-32-26-38(30-19-18-27-10-4-5-11-28(27)24-30)35-16-8-9-17-36(35)40(32)42(39)37-22-20-31-25-29-12-6-7-15-34(29)41(31)43(37)44/h1-24,38H,25-26H2. The summed E-state index contributed by atoms with van der Waals surface area (Å²) in [6, 6.07) is 54.4. The summed E-state index contributed by atoms with van der Waals surface area (Å²) in [7, 11) is 0. The molecule has 0 N–H and O–H groups in total. The van der Waals surface area contributed by atoms with Crippen molar-refractivity contribution in [2.24, 2.45) is 0 Å². The molecule has 0 fully saturated rings. The normalized spacial score (nSPS) is 14.9. The molecule has 0 spiro atoms. The maximum Gasteiger partial charge on any atom is 0.0622 e. The molecular weight excluding hydrogens is 530 g/mol. The van der Waals surface area contributed by atoms with Crippen LogP contribution in [0.25, 0.3) is 60.5 Å². The monoisotopic (exact) mass is 559 g/mol. The van der Waals surface area contributed by atoms with Gasteiger partial charge in [-0.2, -0.15) is 0 Å². The molecule has 0 bridgehead atoms. The van der Waals surface area contributed by atoms with Crippen LogP contribution in [0.15, 0.2) is 146 Å². The van der Waals surface area contributed by atoms with Gasteiger partial charge in [-0.25, -0.2) is 0 Å². The van der Waals surface area contributed by atoms with Gasteiger partial charge < -0.3 is 4.57 Å². The van der Waals surface area contributed by atoms with Crippen LogP contribution in [0.5, 0.6) is 0 Å². The molecule has 0 saturated heterocycles. The van der Waals surface area contributed by atoms with Crippen LogP contribution in [0.3, 0.4) is 0 Å². The average molecular weight is 560 g/mol. The highest BCUT2D eigenvalue weighted by molar-refractivity contribution is 6.20. The first-order chi connectivity index (χ1) is 21.8. The third-order valence-electron chi connectivity index (χ3n) is 10.2. The number of hydrogen-bond acceptors (Lipinski definition) is 0. The highest BCUT2D eigenvalue weighted by Crippen LogP contribution is 2.51. The van der Waals surface area contributed by atoms with Crippen LogP contribution in [0.2, 0.25) is 0 Å². The van der Waals surface area contributed by atoms with Crippen LogP contribution in [-0.2, 0) is 12.8 Å². The summed E-state index contributed by atoms with van der Waals surface area (Å²) in [5.74, 6) is 0.319. The molecule has 44 heavy (non-hydrogen) atoms. The summed E-state index contributed by atoms with van der Waals surface area (Å²) in [6.45, 7) is 0. The van der Waals surface area contributed by atoms with Crippen LogP contribution < -0.4 is 0 Å². The van der Waals surface area contributed by atoms with E-state index in [0.717, 1.165) is 12.8 Å². The maximum atomic E-state index is 2.53. The van der Waals surface area contributed by atoms with Crippen molar-refractivity contribution in [1.82, 2.24) is 4.57 Å². The van der Waals surface area contributed by atoms with Crippen molar-refractivity contribution in [3.05, 3.63) is 173 Å². The van der Waals surface area contributed by atoms with Gasteiger partial charge in [0.05, 0.1) is 11.0 Å². The molecule has 1 unspecified atom stereocenters. The quantitative estimate of drug-likeness (QED) is 0.198. The van der Waals surface area contributed by atoms with E-state index in [4.69, 9.17) is 0 Å². The Balaban J connectivity index is 1.29. The Labute approximate surface area is 256 Å². The summed E-state index contributed by atoms with van der Waals surface area (Å²) < 4.78 is 2.53. The minimum absolute atomic E-state index is 0.319. The summed E-state index contributed by atoms with van der Waals surface area (Å²) in [5.41, 5.74) is 16.5. The third kappa shape index (κ3) is 3.30. The molecule has 1 atom stereocenters. The molecule has 0 radical (unpaired) electrons. The topological polar surface area (TPSA) is 4.93 Å².